The van der Waals surface area contributed by atoms with Crippen LogP contribution >= 0.6 is 15.9 Å². The van der Waals surface area contributed by atoms with E-state index in [4.69, 9.17) is 5.73 Å². The number of halogens is 1. The van der Waals surface area contributed by atoms with Gasteiger partial charge in [-0.15, -0.1) is 0 Å². The maximum absolute atomic E-state index is 5.61. The molecule has 3 N–H and O–H groups in total. The molecule has 0 aliphatic heterocycles. The molecule has 1 unspecified atom stereocenters. The second-order valence-corrected chi connectivity index (χ2v) is 4.44. The second-order valence-electron chi connectivity index (χ2n) is 3.63. The molecule has 1 aromatic rings. The summed E-state index contributed by atoms with van der Waals surface area (Å²) < 4.78 is 0.709. The quantitative estimate of drug-likeness (QED) is 0.810. The molecule has 1 aromatic heterocycles. The fourth-order valence-corrected chi connectivity index (χ4v) is 1.70. The normalized spacial score (nSPS) is 12.5. The maximum atomic E-state index is 5.61. The van der Waals surface area contributed by atoms with E-state index in [2.05, 4.69) is 45.1 Å². The van der Waals surface area contributed by atoms with E-state index < -0.39 is 0 Å². The van der Waals surface area contributed by atoms with Crippen molar-refractivity contribution in [3.05, 3.63) is 10.7 Å². The van der Waals surface area contributed by atoms with Crippen LogP contribution in [0.1, 0.15) is 33.1 Å². The summed E-state index contributed by atoms with van der Waals surface area (Å²) in [5, 5.41) is 3.23. The minimum Gasteiger partial charge on any atom is -0.383 e. The lowest BCUT2D eigenvalue weighted by molar-refractivity contribution is 0.640. The molecular formula is C10H17BrN4. The van der Waals surface area contributed by atoms with Crippen LogP contribution in [-0.2, 0) is 0 Å². The summed E-state index contributed by atoms with van der Waals surface area (Å²) in [7, 11) is 0. The highest BCUT2D eigenvalue weighted by atomic mass is 79.9. The predicted molar refractivity (Wildman–Crippen MR) is 66.8 cm³/mol. The zero-order chi connectivity index (χ0) is 11.3. The number of anilines is 2. The molecule has 15 heavy (non-hydrogen) atoms. The molecule has 0 amide bonds. The van der Waals surface area contributed by atoms with Gasteiger partial charge in [-0.3, -0.25) is 0 Å². The third-order valence-electron chi connectivity index (χ3n) is 2.08. The van der Waals surface area contributed by atoms with E-state index in [1.165, 1.54) is 12.8 Å². The van der Waals surface area contributed by atoms with Crippen LogP contribution in [0, 0.1) is 0 Å². The van der Waals surface area contributed by atoms with Crippen molar-refractivity contribution in [3.8, 4) is 0 Å². The van der Waals surface area contributed by atoms with Crippen LogP contribution < -0.4 is 11.1 Å². The summed E-state index contributed by atoms with van der Waals surface area (Å²) in [6, 6.07) is 2.06. The fourth-order valence-electron chi connectivity index (χ4n) is 1.30. The van der Waals surface area contributed by atoms with Crippen molar-refractivity contribution in [1.82, 2.24) is 9.97 Å². The molecule has 0 saturated carbocycles. The number of nitrogens with one attached hydrogen (secondary N) is 1. The molecule has 0 spiro atoms. The monoisotopic (exact) mass is 272 g/mol. The molecule has 0 aromatic carbocycles. The van der Waals surface area contributed by atoms with Gasteiger partial charge in [0.05, 0.1) is 0 Å². The number of nitrogens with two attached hydrogens (primary N) is 1. The first-order chi connectivity index (χ1) is 7.11. The minimum absolute atomic E-state index is 0.374. The summed E-state index contributed by atoms with van der Waals surface area (Å²) >= 11 is 3.28. The second kappa shape index (κ2) is 5.90. The van der Waals surface area contributed by atoms with Gasteiger partial charge in [-0.05, 0) is 29.3 Å². The highest BCUT2D eigenvalue weighted by Crippen LogP contribution is 2.14. The van der Waals surface area contributed by atoms with Crippen LogP contribution in [0.3, 0.4) is 0 Å². The Bertz CT molecular complexity index is 296. The summed E-state index contributed by atoms with van der Waals surface area (Å²) in [6.07, 6.45) is 3.53. The van der Waals surface area contributed by atoms with E-state index in [-0.39, 0.29) is 0 Å². The average Bonchev–Trinajstić information content (AvgIpc) is 2.13. The number of nitrogen functional groups attached to an aromatic ring is 1. The smallest absolute Gasteiger partial charge is 0.225 e. The van der Waals surface area contributed by atoms with Gasteiger partial charge >= 0.3 is 0 Å². The zero-order valence-corrected chi connectivity index (χ0v) is 10.7. The molecule has 0 bridgehead atoms. The highest BCUT2D eigenvalue weighted by molar-refractivity contribution is 9.10. The summed E-state index contributed by atoms with van der Waals surface area (Å²) in [6.45, 7) is 4.30. The van der Waals surface area contributed by atoms with Gasteiger partial charge in [-0.1, -0.05) is 19.8 Å². The highest BCUT2D eigenvalue weighted by Gasteiger charge is 2.05. The Hall–Kier alpha value is -0.840. The van der Waals surface area contributed by atoms with Crippen LogP contribution in [0.15, 0.2) is 10.7 Å². The molecule has 0 aliphatic rings. The zero-order valence-electron chi connectivity index (χ0n) is 9.13. The van der Waals surface area contributed by atoms with Crippen LogP contribution in [0.5, 0.6) is 0 Å². The van der Waals surface area contributed by atoms with E-state index >= 15 is 0 Å². The van der Waals surface area contributed by atoms with Gasteiger partial charge in [-0.2, -0.15) is 4.98 Å². The Morgan fingerprint density at radius 1 is 1.53 bits per heavy atom. The number of unbranched alkanes of at least 4 members (excludes halogenated alkanes) is 1. The van der Waals surface area contributed by atoms with Gasteiger partial charge in [0.1, 0.15) is 10.4 Å². The SMILES string of the molecule is CCCCC(C)Nc1nc(N)cc(Br)n1. The molecule has 1 atom stereocenters. The molecule has 84 valence electrons. The number of hydrogen-bond donors (Lipinski definition) is 2. The van der Waals surface area contributed by atoms with Crippen molar-refractivity contribution in [2.75, 3.05) is 11.1 Å². The van der Waals surface area contributed by atoms with Crippen molar-refractivity contribution in [2.45, 2.75) is 39.2 Å². The molecule has 0 radical (unpaired) electrons. The Morgan fingerprint density at radius 3 is 2.87 bits per heavy atom. The summed E-state index contributed by atoms with van der Waals surface area (Å²) in [4.78, 5) is 8.30. The lowest BCUT2D eigenvalue weighted by Gasteiger charge is -2.13. The van der Waals surface area contributed by atoms with Crippen molar-refractivity contribution in [2.24, 2.45) is 0 Å². The standard InChI is InChI=1S/C10H17BrN4/c1-3-4-5-7(2)13-10-14-8(11)6-9(12)15-10/h6-7H,3-5H2,1-2H3,(H3,12,13,14,15). The van der Waals surface area contributed by atoms with Crippen molar-refractivity contribution in [3.63, 3.8) is 0 Å². The van der Waals surface area contributed by atoms with Crippen molar-refractivity contribution in [1.29, 1.82) is 0 Å². The topological polar surface area (TPSA) is 63.8 Å². The molecule has 1 rings (SSSR count). The van der Waals surface area contributed by atoms with Gasteiger partial charge in [0.15, 0.2) is 0 Å². The number of nitrogens with zero attached hydrogens (tertiary/aromatic N) is 2. The Labute approximate surface area is 98.8 Å². The number of hydrogen-bond acceptors (Lipinski definition) is 4. The van der Waals surface area contributed by atoms with Gasteiger partial charge in [0.25, 0.3) is 0 Å². The summed E-state index contributed by atoms with van der Waals surface area (Å²) in [5.41, 5.74) is 5.61. The molecule has 4 nitrogen and oxygen atoms in total. The van der Waals surface area contributed by atoms with Crippen LogP contribution in [0.4, 0.5) is 11.8 Å². The first kappa shape index (κ1) is 12.2. The van der Waals surface area contributed by atoms with E-state index in [0.29, 0.717) is 22.4 Å². The molecule has 0 saturated heterocycles. The van der Waals surface area contributed by atoms with Gasteiger partial charge < -0.3 is 11.1 Å². The van der Waals surface area contributed by atoms with Crippen LogP contribution in [-0.4, -0.2) is 16.0 Å². The number of aromatic nitrogens is 2. The molecule has 0 fully saturated rings. The molecular weight excluding hydrogens is 256 g/mol. The fraction of sp³-hybridized carbons (Fsp3) is 0.600. The van der Waals surface area contributed by atoms with E-state index in [0.717, 1.165) is 6.42 Å². The maximum Gasteiger partial charge on any atom is 0.225 e. The average molecular weight is 273 g/mol. The van der Waals surface area contributed by atoms with E-state index in [9.17, 15) is 0 Å². The Morgan fingerprint density at radius 2 is 2.27 bits per heavy atom. The van der Waals surface area contributed by atoms with E-state index in [1.807, 2.05) is 0 Å². The number of rotatable bonds is 5. The lowest BCUT2D eigenvalue weighted by Crippen LogP contribution is -2.17. The van der Waals surface area contributed by atoms with E-state index in [1.54, 1.807) is 6.07 Å². The molecule has 0 aliphatic carbocycles. The van der Waals surface area contributed by atoms with Crippen LogP contribution in [0.2, 0.25) is 0 Å². The van der Waals surface area contributed by atoms with Crippen LogP contribution in [0.25, 0.3) is 0 Å². The third kappa shape index (κ3) is 4.46. The van der Waals surface area contributed by atoms with Gasteiger partial charge in [0, 0.05) is 12.1 Å². The summed E-state index contributed by atoms with van der Waals surface area (Å²) in [5.74, 6) is 1.06. The molecule has 1 heterocycles. The first-order valence-electron chi connectivity index (χ1n) is 5.18. The lowest BCUT2D eigenvalue weighted by atomic mass is 10.1. The third-order valence-corrected chi connectivity index (χ3v) is 2.49. The van der Waals surface area contributed by atoms with Crippen molar-refractivity contribution >= 4 is 27.7 Å². The largest absolute Gasteiger partial charge is 0.383 e. The van der Waals surface area contributed by atoms with Gasteiger partial charge in [-0.25, -0.2) is 4.98 Å². The van der Waals surface area contributed by atoms with Gasteiger partial charge in [0.2, 0.25) is 5.95 Å². The first-order valence-corrected chi connectivity index (χ1v) is 5.97. The Balaban J connectivity index is 2.56. The van der Waals surface area contributed by atoms with Crippen molar-refractivity contribution < 1.29 is 0 Å². The predicted octanol–water partition coefficient (Wildman–Crippen LogP) is 2.81. The Kier molecular flexibility index (Phi) is 4.81. The molecule has 5 heteroatoms. The minimum atomic E-state index is 0.374.